The standard InChI is InChI=1S/C13H18O4/c1-9-3-5-10(6-4-9)16-8-12-11(14)7-13(15-2)17-12/h3-6,11-14H,7-8H2,1-2H3/t11-,12+,13?/m0/s1. The largest absolute Gasteiger partial charge is 0.491 e. The van der Waals surface area contributed by atoms with Crippen molar-refractivity contribution < 1.29 is 19.3 Å². The first-order chi connectivity index (χ1) is 8.19. The third kappa shape index (κ3) is 3.19. The Kier molecular flexibility index (Phi) is 3.99. The molecule has 1 saturated heterocycles. The average Bonchev–Trinajstić information content (AvgIpc) is 2.69. The van der Waals surface area contributed by atoms with Crippen LogP contribution in [-0.2, 0) is 9.47 Å². The number of aliphatic hydroxyl groups excluding tert-OH is 1. The van der Waals surface area contributed by atoms with Gasteiger partial charge >= 0.3 is 0 Å². The van der Waals surface area contributed by atoms with Crippen LogP contribution in [0.4, 0.5) is 0 Å². The first kappa shape index (κ1) is 12.4. The minimum Gasteiger partial charge on any atom is -0.491 e. The molecular formula is C13H18O4. The minimum atomic E-state index is -0.523. The van der Waals surface area contributed by atoms with Gasteiger partial charge < -0.3 is 19.3 Å². The van der Waals surface area contributed by atoms with Crippen molar-refractivity contribution in [1.29, 1.82) is 0 Å². The SMILES string of the molecule is COC1C[C@H](O)[C@@H](COc2ccc(C)cc2)O1. The lowest BCUT2D eigenvalue weighted by molar-refractivity contribution is -0.124. The van der Waals surface area contributed by atoms with E-state index in [1.54, 1.807) is 7.11 Å². The van der Waals surface area contributed by atoms with Crippen LogP contribution < -0.4 is 4.74 Å². The Morgan fingerprint density at radius 2 is 2.06 bits per heavy atom. The van der Waals surface area contributed by atoms with Crippen LogP contribution in [0.1, 0.15) is 12.0 Å². The molecule has 1 aliphatic rings. The second-order valence-corrected chi connectivity index (χ2v) is 4.27. The van der Waals surface area contributed by atoms with Crippen LogP contribution in [0.25, 0.3) is 0 Å². The quantitative estimate of drug-likeness (QED) is 0.863. The molecule has 0 amide bonds. The van der Waals surface area contributed by atoms with E-state index in [1.165, 1.54) is 5.56 Å². The highest BCUT2D eigenvalue weighted by Crippen LogP contribution is 2.22. The number of aryl methyl sites for hydroxylation is 1. The first-order valence-corrected chi connectivity index (χ1v) is 5.75. The predicted octanol–water partition coefficient (Wildman–Crippen LogP) is 1.50. The molecule has 1 unspecified atom stereocenters. The molecule has 1 aromatic rings. The van der Waals surface area contributed by atoms with Gasteiger partial charge in [0.1, 0.15) is 18.5 Å². The molecule has 94 valence electrons. The van der Waals surface area contributed by atoms with Gasteiger partial charge in [-0.15, -0.1) is 0 Å². The summed E-state index contributed by atoms with van der Waals surface area (Å²) in [6.07, 6.45) is -0.665. The molecule has 4 heteroatoms. The molecule has 17 heavy (non-hydrogen) atoms. The van der Waals surface area contributed by atoms with Gasteiger partial charge in [-0.3, -0.25) is 0 Å². The van der Waals surface area contributed by atoms with E-state index in [0.29, 0.717) is 13.0 Å². The smallest absolute Gasteiger partial charge is 0.160 e. The summed E-state index contributed by atoms with van der Waals surface area (Å²) in [4.78, 5) is 0. The lowest BCUT2D eigenvalue weighted by atomic mass is 10.2. The second-order valence-electron chi connectivity index (χ2n) is 4.27. The van der Waals surface area contributed by atoms with E-state index in [1.807, 2.05) is 31.2 Å². The van der Waals surface area contributed by atoms with Crippen molar-refractivity contribution in [1.82, 2.24) is 0 Å². The van der Waals surface area contributed by atoms with Crippen molar-refractivity contribution in [2.45, 2.75) is 31.8 Å². The van der Waals surface area contributed by atoms with Crippen molar-refractivity contribution in [2.75, 3.05) is 13.7 Å². The maximum absolute atomic E-state index is 9.73. The normalized spacial score (nSPS) is 28.3. The topological polar surface area (TPSA) is 47.9 Å². The zero-order chi connectivity index (χ0) is 12.3. The van der Waals surface area contributed by atoms with Crippen LogP contribution >= 0.6 is 0 Å². The first-order valence-electron chi connectivity index (χ1n) is 5.75. The molecule has 2 rings (SSSR count). The van der Waals surface area contributed by atoms with Crippen molar-refractivity contribution >= 4 is 0 Å². The summed E-state index contributed by atoms with van der Waals surface area (Å²) in [6.45, 7) is 2.36. The summed E-state index contributed by atoms with van der Waals surface area (Å²) >= 11 is 0. The Bertz CT molecular complexity index is 349. The van der Waals surface area contributed by atoms with Crippen molar-refractivity contribution in [3.8, 4) is 5.75 Å². The zero-order valence-electron chi connectivity index (χ0n) is 10.1. The molecule has 1 heterocycles. The highest BCUT2D eigenvalue weighted by molar-refractivity contribution is 5.26. The number of methoxy groups -OCH3 is 1. The zero-order valence-corrected chi connectivity index (χ0v) is 10.1. The van der Waals surface area contributed by atoms with E-state index < -0.39 is 6.10 Å². The molecule has 0 bridgehead atoms. The fourth-order valence-corrected chi connectivity index (χ4v) is 1.81. The third-order valence-corrected chi connectivity index (χ3v) is 2.89. The van der Waals surface area contributed by atoms with Crippen LogP contribution in [0.5, 0.6) is 5.75 Å². The summed E-state index contributed by atoms with van der Waals surface area (Å²) in [7, 11) is 1.57. The van der Waals surface area contributed by atoms with Gasteiger partial charge in [0.15, 0.2) is 6.29 Å². The van der Waals surface area contributed by atoms with Crippen molar-refractivity contribution in [2.24, 2.45) is 0 Å². The van der Waals surface area contributed by atoms with Gasteiger partial charge in [-0.2, -0.15) is 0 Å². The fourth-order valence-electron chi connectivity index (χ4n) is 1.81. The number of benzene rings is 1. The number of rotatable bonds is 4. The van der Waals surface area contributed by atoms with Crippen LogP contribution in [0.2, 0.25) is 0 Å². The van der Waals surface area contributed by atoms with Crippen LogP contribution in [-0.4, -0.2) is 37.3 Å². The van der Waals surface area contributed by atoms with E-state index >= 15 is 0 Å². The summed E-state index contributed by atoms with van der Waals surface area (Å²) < 4.78 is 16.1. The third-order valence-electron chi connectivity index (χ3n) is 2.89. The predicted molar refractivity (Wildman–Crippen MR) is 63.0 cm³/mol. The molecule has 3 atom stereocenters. The van der Waals surface area contributed by atoms with Gasteiger partial charge in [-0.25, -0.2) is 0 Å². The molecule has 0 saturated carbocycles. The van der Waals surface area contributed by atoms with Crippen LogP contribution in [0, 0.1) is 6.92 Å². The molecule has 1 fully saturated rings. The molecule has 0 spiro atoms. The molecule has 4 nitrogen and oxygen atoms in total. The Morgan fingerprint density at radius 3 is 2.65 bits per heavy atom. The Labute approximate surface area is 101 Å². The van der Waals surface area contributed by atoms with E-state index in [9.17, 15) is 5.11 Å². The molecule has 0 radical (unpaired) electrons. The van der Waals surface area contributed by atoms with E-state index in [-0.39, 0.29) is 12.4 Å². The Balaban J connectivity index is 1.84. The highest BCUT2D eigenvalue weighted by Gasteiger charge is 2.34. The van der Waals surface area contributed by atoms with Crippen LogP contribution in [0.15, 0.2) is 24.3 Å². The molecule has 0 aliphatic carbocycles. The van der Waals surface area contributed by atoms with Gasteiger partial charge in [0.25, 0.3) is 0 Å². The summed E-state index contributed by atoms with van der Waals surface area (Å²) in [5.74, 6) is 0.785. The van der Waals surface area contributed by atoms with Gasteiger partial charge in [-0.1, -0.05) is 17.7 Å². The van der Waals surface area contributed by atoms with Gasteiger partial charge in [-0.05, 0) is 19.1 Å². The van der Waals surface area contributed by atoms with Gasteiger partial charge in [0.05, 0.1) is 6.10 Å². The molecule has 1 aromatic carbocycles. The maximum Gasteiger partial charge on any atom is 0.160 e. The summed E-state index contributed by atoms with van der Waals surface area (Å²) in [5.41, 5.74) is 1.19. The van der Waals surface area contributed by atoms with Gasteiger partial charge in [0.2, 0.25) is 0 Å². The number of hydrogen-bond donors (Lipinski definition) is 1. The van der Waals surface area contributed by atoms with Crippen molar-refractivity contribution in [3.05, 3.63) is 29.8 Å². The second kappa shape index (κ2) is 5.49. The molecule has 0 aromatic heterocycles. The van der Waals surface area contributed by atoms with Gasteiger partial charge in [0, 0.05) is 13.5 Å². The maximum atomic E-state index is 9.73. The number of aliphatic hydroxyl groups is 1. The number of ether oxygens (including phenoxy) is 3. The Morgan fingerprint density at radius 1 is 1.35 bits per heavy atom. The Hall–Kier alpha value is -1.10. The highest BCUT2D eigenvalue weighted by atomic mass is 16.7. The average molecular weight is 238 g/mol. The van der Waals surface area contributed by atoms with Crippen molar-refractivity contribution in [3.63, 3.8) is 0 Å². The lowest BCUT2D eigenvalue weighted by Gasteiger charge is -2.15. The molecule has 1 aliphatic heterocycles. The molecular weight excluding hydrogens is 220 g/mol. The minimum absolute atomic E-state index is 0.318. The number of hydrogen-bond acceptors (Lipinski definition) is 4. The van der Waals surface area contributed by atoms with Crippen LogP contribution in [0.3, 0.4) is 0 Å². The lowest BCUT2D eigenvalue weighted by Crippen LogP contribution is -2.28. The van der Waals surface area contributed by atoms with E-state index in [2.05, 4.69) is 0 Å². The monoisotopic (exact) mass is 238 g/mol. The van der Waals surface area contributed by atoms with E-state index in [0.717, 1.165) is 5.75 Å². The van der Waals surface area contributed by atoms with E-state index in [4.69, 9.17) is 14.2 Å². The summed E-state index contributed by atoms with van der Waals surface area (Å²) in [5, 5.41) is 9.73. The fraction of sp³-hybridized carbons (Fsp3) is 0.538. The summed E-state index contributed by atoms with van der Waals surface area (Å²) in [6, 6.07) is 7.79. The molecule has 1 N–H and O–H groups in total.